The second-order valence-corrected chi connectivity index (χ2v) is 3.03. The van der Waals surface area contributed by atoms with Crippen LogP contribution in [0.2, 0.25) is 0 Å². The minimum absolute atomic E-state index is 0.150. The molecule has 0 bridgehead atoms. The highest BCUT2D eigenvalue weighted by Crippen LogP contribution is 2.07. The van der Waals surface area contributed by atoms with E-state index in [1.54, 1.807) is 12.1 Å². The van der Waals surface area contributed by atoms with Gasteiger partial charge in [-0.3, -0.25) is 0 Å². The van der Waals surface area contributed by atoms with Crippen molar-refractivity contribution in [2.45, 2.75) is 6.42 Å². The molecule has 0 radical (unpaired) electrons. The van der Waals surface area contributed by atoms with Crippen LogP contribution in [-0.4, -0.2) is 24.8 Å². The third kappa shape index (κ3) is 3.56. The Balaban J connectivity index is 2.68. The standard InChI is InChI=1S/C12H14O3/c1-15-12(14)11-7-5-10(6-8-11)4-2-3-9-13/h2,4-8,13H,3,9H2,1H3. The van der Waals surface area contributed by atoms with Crippen LogP contribution in [0.25, 0.3) is 6.08 Å². The molecule has 0 atom stereocenters. The van der Waals surface area contributed by atoms with Crippen molar-refractivity contribution in [3.05, 3.63) is 41.5 Å². The highest BCUT2D eigenvalue weighted by Gasteiger charge is 2.02. The maximum Gasteiger partial charge on any atom is 0.337 e. The Morgan fingerprint density at radius 2 is 2.07 bits per heavy atom. The molecule has 0 saturated heterocycles. The zero-order chi connectivity index (χ0) is 11.1. The predicted octanol–water partition coefficient (Wildman–Crippen LogP) is 1.87. The Labute approximate surface area is 89.0 Å². The van der Waals surface area contributed by atoms with Gasteiger partial charge < -0.3 is 9.84 Å². The summed E-state index contributed by atoms with van der Waals surface area (Å²) in [5.41, 5.74) is 1.54. The summed E-state index contributed by atoms with van der Waals surface area (Å²) in [6, 6.07) is 7.09. The molecule has 1 aromatic rings. The first-order chi connectivity index (χ1) is 7.27. The number of hydrogen-bond acceptors (Lipinski definition) is 3. The number of carbonyl (C=O) groups excluding carboxylic acids is 1. The highest BCUT2D eigenvalue weighted by molar-refractivity contribution is 5.89. The maximum atomic E-state index is 11.1. The van der Waals surface area contributed by atoms with Gasteiger partial charge in [-0.25, -0.2) is 4.79 Å². The lowest BCUT2D eigenvalue weighted by Crippen LogP contribution is -2.00. The molecule has 0 aromatic heterocycles. The van der Waals surface area contributed by atoms with Gasteiger partial charge in [0.05, 0.1) is 12.7 Å². The number of methoxy groups -OCH3 is 1. The van der Waals surface area contributed by atoms with E-state index in [1.165, 1.54) is 7.11 Å². The van der Waals surface area contributed by atoms with Gasteiger partial charge in [-0.2, -0.15) is 0 Å². The van der Waals surface area contributed by atoms with Crippen LogP contribution in [0.4, 0.5) is 0 Å². The van der Waals surface area contributed by atoms with E-state index in [4.69, 9.17) is 5.11 Å². The largest absolute Gasteiger partial charge is 0.465 e. The fourth-order valence-corrected chi connectivity index (χ4v) is 1.14. The molecule has 0 amide bonds. The van der Waals surface area contributed by atoms with E-state index >= 15 is 0 Å². The number of esters is 1. The molecule has 80 valence electrons. The van der Waals surface area contributed by atoms with Crippen molar-refractivity contribution in [1.29, 1.82) is 0 Å². The molecule has 0 spiro atoms. The van der Waals surface area contributed by atoms with E-state index in [0.29, 0.717) is 12.0 Å². The first-order valence-corrected chi connectivity index (χ1v) is 4.73. The van der Waals surface area contributed by atoms with Gasteiger partial charge in [0.15, 0.2) is 0 Å². The van der Waals surface area contributed by atoms with Crippen LogP contribution in [0.5, 0.6) is 0 Å². The average Bonchev–Trinajstić information content (AvgIpc) is 2.29. The number of aliphatic hydroxyl groups is 1. The lowest BCUT2D eigenvalue weighted by Gasteiger charge is -1.99. The summed E-state index contributed by atoms with van der Waals surface area (Å²) in [4.78, 5) is 11.1. The third-order valence-corrected chi connectivity index (χ3v) is 1.94. The van der Waals surface area contributed by atoms with Crippen LogP contribution < -0.4 is 0 Å². The minimum atomic E-state index is -0.333. The van der Waals surface area contributed by atoms with Crippen LogP contribution in [0.3, 0.4) is 0 Å². The fourth-order valence-electron chi connectivity index (χ4n) is 1.14. The molecule has 0 unspecified atom stereocenters. The van der Waals surface area contributed by atoms with Gasteiger partial charge in [0, 0.05) is 6.61 Å². The molecule has 1 aromatic carbocycles. The zero-order valence-corrected chi connectivity index (χ0v) is 8.64. The molecule has 0 aliphatic carbocycles. The summed E-state index contributed by atoms with van der Waals surface area (Å²) >= 11 is 0. The lowest BCUT2D eigenvalue weighted by molar-refractivity contribution is 0.0601. The smallest absolute Gasteiger partial charge is 0.337 e. The summed E-state index contributed by atoms with van der Waals surface area (Å²) < 4.78 is 4.58. The zero-order valence-electron chi connectivity index (χ0n) is 8.64. The molecule has 15 heavy (non-hydrogen) atoms. The predicted molar refractivity (Wildman–Crippen MR) is 58.5 cm³/mol. The van der Waals surface area contributed by atoms with Crippen molar-refractivity contribution in [3.63, 3.8) is 0 Å². The summed E-state index contributed by atoms with van der Waals surface area (Å²) in [5, 5.41) is 8.58. The van der Waals surface area contributed by atoms with Gasteiger partial charge in [0.25, 0.3) is 0 Å². The number of ether oxygens (including phenoxy) is 1. The Kier molecular flexibility index (Phi) is 4.57. The van der Waals surface area contributed by atoms with Crippen LogP contribution in [-0.2, 0) is 4.74 Å². The van der Waals surface area contributed by atoms with Crippen molar-refractivity contribution in [2.24, 2.45) is 0 Å². The molecule has 3 nitrogen and oxygen atoms in total. The van der Waals surface area contributed by atoms with Gasteiger partial charge in [0.2, 0.25) is 0 Å². The topological polar surface area (TPSA) is 46.5 Å². The third-order valence-electron chi connectivity index (χ3n) is 1.94. The summed E-state index contributed by atoms with van der Waals surface area (Å²) in [5.74, 6) is -0.333. The Morgan fingerprint density at radius 1 is 1.40 bits per heavy atom. The molecule has 0 aliphatic rings. The van der Waals surface area contributed by atoms with Gasteiger partial charge >= 0.3 is 5.97 Å². The molecule has 0 saturated carbocycles. The maximum absolute atomic E-state index is 11.1. The second-order valence-electron chi connectivity index (χ2n) is 3.03. The van der Waals surface area contributed by atoms with Crippen LogP contribution >= 0.6 is 0 Å². The molecule has 0 aliphatic heterocycles. The van der Waals surface area contributed by atoms with Gasteiger partial charge in [-0.15, -0.1) is 0 Å². The summed E-state index contributed by atoms with van der Waals surface area (Å²) in [6.07, 6.45) is 4.42. The van der Waals surface area contributed by atoms with E-state index in [0.717, 1.165) is 5.56 Å². The van der Waals surface area contributed by atoms with E-state index in [2.05, 4.69) is 4.74 Å². The molecule has 1 N–H and O–H groups in total. The summed E-state index contributed by atoms with van der Waals surface area (Å²) in [6.45, 7) is 0.150. The highest BCUT2D eigenvalue weighted by atomic mass is 16.5. The van der Waals surface area contributed by atoms with Crippen molar-refractivity contribution >= 4 is 12.0 Å². The van der Waals surface area contributed by atoms with Crippen LogP contribution in [0.1, 0.15) is 22.3 Å². The quantitative estimate of drug-likeness (QED) is 0.765. The first kappa shape index (κ1) is 11.5. The average molecular weight is 206 g/mol. The number of aliphatic hydroxyl groups excluding tert-OH is 1. The first-order valence-electron chi connectivity index (χ1n) is 4.73. The number of rotatable bonds is 4. The normalized spacial score (nSPS) is 10.5. The monoisotopic (exact) mass is 206 g/mol. The number of hydrogen-bond donors (Lipinski definition) is 1. The minimum Gasteiger partial charge on any atom is -0.465 e. The van der Waals surface area contributed by atoms with Crippen molar-refractivity contribution < 1.29 is 14.6 Å². The van der Waals surface area contributed by atoms with Crippen LogP contribution in [0, 0.1) is 0 Å². The summed E-state index contributed by atoms with van der Waals surface area (Å²) in [7, 11) is 1.36. The van der Waals surface area contributed by atoms with Gasteiger partial charge in [-0.1, -0.05) is 24.3 Å². The van der Waals surface area contributed by atoms with E-state index < -0.39 is 0 Å². The molecular formula is C12H14O3. The fraction of sp³-hybridized carbons (Fsp3) is 0.250. The van der Waals surface area contributed by atoms with E-state index in [1.807, 2.05) is 24.3 Å². The second kappa shape index (κ2) is 5.98. The van der Waals surface area contributed by atoms with Crippen molar-refractivity contribution in [2.75, 3.05) is 13.7 Å². The van der Waals surface area contributed by atoms with Crippen molar-refractivity contribution in [3.8, 4) is 0 Å². The molecule has 1 rings (SSSR count). The van der Waals surface area contributed by atoms with Gasteiger partial charge in [0.1, 0.15) is 0 Å². The van der Waals surface area contributed by atoms with E-state index in [9.17, 15) is 4.79 Å². The molecule has 0 heterocycles. The van der Waals surface area contributed by atoms with Crippen LogP contribution in [0.15, 0.2) is 30.3 Å². The Morgan fingerprint density at radius 3 is 2.60 bits per heavy atom. The van der Waals surface area contributed by atoms with Gasteiger partial charge in [-0.05, 0) is 24.1 Å². The van der Waals surface area contributed by atoms with E-state index in [-0.39, 0.29) is 12.6 Å². The Hall–Kier alpha value is -1.61. The molecular weight excluding hydrogens is 192 g/mol. The molecule has 3 heteroatoms. The number of carbonyl (C=O) groups is 1. The Bertz CT molecular complexity index is 338. The number of benzene rings is 1. The lowest BCUT2D eigenvalue weighted by atomic mass is 10.1. The van der Waals surface area contributed by atoms with Crippen molar-refractivity contribution in [1.82, 2.24) is 0 Å². The SMILES string of the molecule is COC(=O)c1ccc(C=CCCO)cc1. The molecule has 0 fully saturated rings.